The summed E-state index contributed by atoms with van der Waals surface area (Å²) < 4.78 is 0. The van der Waals surface area contributed by atoms with E-state index in [2.05, 4.69) is 39.6 Å². The molecule has 140 valence electrons. The molecule has 1 N–H and O–H groups in total. The number of benzene rings is 1. The van der Waals surface area contributed by atoms with E-state index in [9.17, 15) is 9.59 Å². The molecule has 6 nitrogen and oxygen atoms in total. The maximum absolute atomic E-state index is 12.7. The fourth-order valence-electron chi connectivity index (χ4n) is 4.72. The molecule has 2 heterocycles. The Labute approximate surface area is 159 Å². The predicted molar refractivity (Wildman–Crippen MR) is 101 cm³/mol. The Morgan fingerprint density at radius 1 is 1.22 bits per heavy atom. The highest BCUT2D eigenvalue weighted by Crippen LogP contribution is 2.52. The van der Waals surface area contributed by atoms with Crippen molar-refractivity contribution < 1.29 is 9.59 Å². The summed E-state index contributed by atoms with van der Waals surface area (Å²) >= 11 is 0. The topological polar surface area (TPSA) is 75.2 Å². The maximum Gasteiger partial charge on any atom is 0.274 e. The molecule has 1 aliphatic heterocycles. The molecule has 1 spiro atoms. The third-order valence-corrected chi connectivity index (χ3v) is 6.11. The number of aromatic nitrogens is 2. The summed E-state index contributed by atoms with van der Waals surface area (Å²) in [5.41, 5.74) is 3.13. The Balaban J connectivity index is 1.52. The zero-order valence-electron chi connectivity index (χ0n) is 15.5. The molecule has 1 aromatic carbocycles. The monoisotopic (exact) mass is 364 g/mol. The van der Waals surface area contributed by atoms with Crippen LogP contribution in [-0.4, -0.2) is 46.8 Å². The number of carbonyl (C=O) groups excluding carboxylic acids is 2. The molecule has 27 heavy (non-hydrogen) atoms. The summed E-state index contributed by atoms with van der Waals surface area (Å²) in [5, 5.41) is 2.75. The van der Waals surface area contributed by atoms with Crippen LogP contribution in [0.25, 0.3) is 0 Å². The van der Waals surface area contributed by atoms with Crippen molar-refractivity contribution in [1.82, 2.24) is 20.2 Å². The lowest BCUT2D eigenvalue weighted by Gasteiger charge is -2.40. The first-order valence-corrected chi connectivity index (χ1v) is 9.48. The minimum atomic E-state index is -0.0499. The summed E-state index contributed by atoms with van der Waals surface area (Å²) in [5.74, 6) is 0.289. The highest BCUT2D eigenvalue weighted by Gasteiger charge is 2.46. The number of hydrogen-bond donors (Lipinski definition) is 1. The molecule has 0 bridgehead atoms. The van der Waals surface area contributed by atoms with Crippen LogP contribution in [0, 0.1) is 0 Å². The lowest BCUT2D eigenvalue weighted by molar-refractivity contribution is -0.121. The van der Waals surface area contributed by atoms with Crippen LogP contribution in [0.1, 0.15) is 53.2 Å². The molecule has 2 amide bonds. The summed E-state index contributed by atoms with van der Waals surface area (Å²) in [4.78, 5) is 34.7. The minimum absolute atomic E-state index is 0.0499. The van der Waals surface area contributed by atoms with E-state index in [-0.39, 0.29) is 23.1 Å². The van der Waals surface area contributed by atoms with Gasteiger partial charge in [0.25, 0.3) is 5.91 Å². The van der Waals surface area contributed by atoms with Crippen LogP contribution in [0.15, 0.2) is 42.9 Å². The van der Waals surface area contributed by atoms with Crippen LogP contribution in [0.4, 0.5) is 0 Å². The number of likely N-dealkylation sites (tertiary alicyclic amines) is 1. The van der Waals surface area contributed by atoms with E-state index in [4.69, 9.17) is 0 Å². The van der Waals surface area contributed by atoms with Gasteiger partial charge in [-0.2, -0.15) is 0 Å². The van der Waals surface area contributed by atoms with Crippen LogP contribution >= 0.6 is 0 Å². The molecule has 1 unspecified atom stereocenters. The second-order valence-corrected chi connectivity index (χ2v) is 7.53. The molecule has 1 saturated heterocycles. The Morgan fingerprint density at radius 2 is 2.00 bits per heavy atom. The fourth-order valence-corrected chi connectivity index (χ4v) is 4.72. The van der Waals surface area contributed by atoms with E-state index in [1.54, 1.807) is 19.4 Å². The standard InChI is InChI=1S/C21H24N4O2/c1-22-19(26)12-15-13-21(17-5-3-2-4-16(15)17)6-10-25(11-7-21)20(27)18-14-23-8-9-24-18/h2-5,8-9,14-15H,6-7,10-13H2,1H3,(H,22,26). The van der Waals surface area contributed by atoms with Crippen molar-refractivity contribution in [2.75, 3.05) is 20.1 Å². The number of carbonyl (C=O) groups is 2. The maximum atomic E-state index is 12.7. The van der Waals surface area contributed by atoms with Crippen LogP contribution < -0.4 is 5.32 Å². The first-order valence-electron chi connectivity index (χ1n) is 9.48. The average molecular weight is 364 g/mol. The molecule has 4 rings (SSSR count). The molecule has 1 aliphatic carbocycles. The number of rotatable bonds is 3. The SMILES string of the molecule is CNC(=O)CC1CC2(CCN(C(=O)c3cnccn3)CC2)c2ccccc21. The Kier molecular flexibility index (Phi) is 4.64. The molecule has 0 saturated carbocycles. The Bertz CT molecular complexity index is 844. The molecule has 1 fully saturated rings. The molecular weight excluding hydrogens is 340 g/mol. The summed E-state index contributed by atoms with van der Waals surface area (Å²) in [7, 11) is 1.69. The third-order valence-electron chi connectivity index (χ3n) is 6.11. The molecule has 1 aromatic heterocycles. The lowest BCUT2D eigenvalue weighted by Crippen LogP contribution is -2.44. The molecule has 0 radical (unpaired) electrons. The van der Waals surface area contributed by atoms with Gasteiger partial charge in [-0.3, -0.25) is 14.6 Å². The summed E-state index contributed by atoms with van der Waals surface area (Å²) in [6.45, 7) is 1.41. The number of nitrogens with one attached hydrogen (secondary N) is 1. The molecule has 2 aromatic rings. The molecule has 1 atom stereocenters. The highest BCUT2D eigenvalue weighted by atomic mass is 16.2. The minimum Gasteiger partial charge on any atom is -0.359 e. The van der Waals surface area contributed by atoms with Gasteiger partial charge in [-0.15, -0.1) is 0 Å². The first-order chi connectivity index (χ1) is 13.1. The van der Waals surface area contributed by atoms with Crippen molar-refractivity contribution in [2.45, 2.75) is 37.0 Å². The lowest BCUT2D eigenvalue weighted by atomic mass is 9.73. The van der Waals surface area contributed by atoms with E-state index in [1.165, 1.54) is 17.3 Å². The van der Waals surface area contributed by atoms with Gasteiger partial charge in [-0.1, -0.05) is 24.3 Å². The average Bonchev–Trinajstić information content (AvgIpc) is 3.02. The molecular formula is C21H24N4O2. The van der Waals surface area contributed by atoms with Gasteiger partial charge in [0.1, 0.15) is 5.69 Å². The fraction of sp³-hybridized carbons (Fsp3) is 0.429. The van der Waals surface area contributed by atoms with Crippen molar-refractivity contribution in [3.63, 3.8) is 0 Å². The van der Waals surface area contributed by atoms with Crippen LogP contribution in [0.5, 0.6) is 0 Å². The van der Waals surface area contributed by atoms with Gasteiger partial charge < -0.3 is 10.2 Å². The van der Waals surface area contributed by atoms with E-state index in [1.807, 2.05) is 4.90 Å². The number of nitrogens with zero attached hydrogens (tertiary/aromatic N) is 3. The van der Waals surface area contributed by atoms with E-state index in [0.29, 0.717) is 25.2 Å². The van der Waals surface area contributed by atoms with Crippen LogP contribution in [-0.2, 0) is 10.2 Å². The summed E-state index contributed by atoms with van der Waals surface area (Å²) in [6, 6.07) is 8.51. The summed E-state index contributed by atoms with van der Waals surface area (Å²) in [6.07, 6.45) is 7.99. The van der Waals surface area contributed by atoms with Gasteiger partial charge in [0.2, 0.25) is 5.91 Å². The number of piperidine rings is 1. The smallest absolute Gasteiger partial charge is 0.274 e. The van der Waals surface area contributed by atoms with Crippen molar-refractivity contribution >= 4 is 11.8 Å². The van der Waals surface area contributed by atoms with Gasteiger partial charge in [-0.05, 0) is 41.7 Å². The third kappa shape index (κ3) is 3.20. The van der Waals surface area contributed by atoms with Gasteiger partial charge in [0.05, 0.1) is 6.20 Å². The normalized spacial score (nSPS) is 20.3. The van der Waals surface area contributed by atoms with Crippen molar-refractivity contribution in [3.05, 3.63) is 59.7 Å². The first kappa shape index (κ1) is 17.6. The van der Waals surface area contributed by atoms with E-state index < -0.39 is 0 Å². The number of fused-ring (bicyclic) bond motifs is 2. The van der Waals surface area contributed by atoms with Crippen molar-refractivity contribution in [3.8, 4) is 0 Å². The van der Waals surface area contributed by atoms with Gasteiger partial charge in [0.15, 0.2) is 0 Å². The van der Waals surface area contributed by atoms with Crippen molar-refractivity contribution in [2.24, 2.45) is 0 Å². The van der Waals surface area contributed by atoms with Gasteiger partial charge in [0, 0.05) is 39.0 Å². The molecule has 6 heteroatoms. The highest BCUT2D eigenvalue weighted by molar-refractivity contribution is 5.92. The van der Waals surface area contributed by atoms with Crippen LogP contribution in [0.2, 0.25) is 0 Å². The van der Waals surface area contributed by atoms with Crippen LogP contribution in [0.3, 0.4) is 0 Å². The van der Waals surface area contributed by atoms with Gasteiger partial charge in [-0.25, -0.2) is 4.98 Å². The zero-order chi connectivity index (χ0) is 18.9. The second-order valence-electron chi connectivity index (χ2n) is 7.53. The molecule has 2 aliphatic rings. The number of hydrogen-bond acceptors (Lipinski definition) is 4. The number of amides is 2. The Hall–Kier alpha value is -2.76. The predicted octanol–water partition coefficient (Wildman–Crippen LogP) is 2.27. The Morgan fingerprint density at radius 3 is 2.70 bits per heavy atom. The van der Waals surface area contributed by atoms with E-state index in [0.717, 1.165) is 19.3 Å². The van der Waals surface area contributed by atoms with Crippen molar-refractivity contribution in [1.29, 1.82) is 0 Å². The van der Waals surface area contributed by atoms with E-state index >= 15 is 0 Å². The van der Waals surface area contributed by atoms with Gasteiger partial charge >= 0.3 is 0 Å². The second kappa shape index (κ2) is 7.10. The quantitative estimate of drug-likeness (QED) is 0.907. The largest absolute Gasteiger partial charge is 0.359 e. The zero-order valence-corrected chi connectivity index (χ0v) is 15.5.